The summed E-state index contributed by atoms with van der Waals surface area (Å²) in [7, 11) is 0. The number of benzene rings is 1. The molecule has 26 heavy (non-hydrogen) atoms. The summed E-state index contributed by atoms with van der Waals surface area (Å²) in [5, 5.41) is 0. The van der Waals surface area contributed by atoms with Gasteiger partial charge in [0.05, 0.1) is 13.3 Å². The smallest absolute Gasteiger partial charge is 0.335 e. The second-order valence-electron chi connectivity index (χ2n) is 6.90. The van der Waals surface area contributed by atoms with Gasteiger partial charge in [-0.2, -0.15) is 0 Å². The van der Waals surface area contributed by atoms with Crippen LogP contribution in [-0.2, 0) is 9.59 Å². The molecule has 1 aromatic carbocycles. The first-order valence-electron chi connectivity index (χ1n) is 9.09. The summed E-state index contributed by atoms with van der Waals surface area (Å²) in [6.07, 6.45) is 1.93. The molecule has 2 aliphatic heterocycles. The maximum Gasteiger partial charge on any atom is 0.335 e. The monoisotopic (exact) mass is 359 g/mol. The molecule has 2 heterocycles. The summed E-state index contributed by atoms with van der Waals surface area (Å²) in [4.78, 5) is 41.0. The van der Waals surface area contributed by atoms with Gasteiger partial charge < -0.3 is 4.74 Å². The summed E-state index contributed by atoms with van der Waals surface area (Å²) >= 11 is 0. The van der Waals surface area contributed by atoms with Crippen molar-refractivity contribution in [2.75, 3.05) is 19.8 Å². The highest BCUT2D eigenvalue weighted by atomic mass is 16.5. The van der Waals surface area contributed by atoms with Crippen molar-refractivity contribution in [1.29, 1.82) is 0 Å². The van der Waals surface area contributed by atoms with Crippen molar-refractivity contribution in [1.82, 2.24) is 14.7 Å². The van der Waals surface area contributed by atoms with Crippen LogP contribution in [0.15, 0.2) is 24.3 Å². The largest absolute Gasteiger partial charge is 0.494 e. The normalized spacial score (nSPS) is 21.4. The Bertz CT molecular complexity index is 701. The lowest BCUT2D eigenvalue weighted by molar-refractivity contribution is -0.144. The van der Waals surface area contributed by atoms with Gasteiger partial charge in [0.15, 0.2) is 0 Å². The van der Waals surface area contributed by atoms with Gasteiger partial charge in [0.1, 0.15) is 5.75 Å². The Morgan fingerprint density at radius 3 is 2.38 bits per heavy atom. The van der Waals surface area contributed by atoms with Crippen LogP contribution in [0.25, 0.3) is 0 Å². The van der Waals surface area contributed by atoms with Gasteiger partial charge in [-0.05, 0) is 51.3 Å². The third kappa shape index (κ3) is 3.31. The van der Waals surface area contributed by atoms with Crippen molar-refractivity contribution in [2.45, 2.75) is 45.7 Å². The summed E-state index contributed by atoms with van der Waals surface area (Å²) in [6, 6.07) is 7.18. The molecule has 1 atom stereocenters. The second-order valence-corrected chi connectivity index (χ2v) is 6.90. The van der Waals surface area contributed by atoms with Crippen LogP contribution >= 0.6 is 0 Å². The molecule has 0 aromatic heterocycles. The molecule has 3 rings (SSSR count). The van der Waals surface area contributed by atoms with Gasteiger partial charge in [-0.15, -0.1) is 0 Å². The number of urea groups is 1. The zero-order valence-corrected chi connectivity index (χ0v) is 15.5. The molecule has 4 amide bonds. The van der Waals surface area contributed by atoms with E-state index in [0.29, 0.717) is 6.61 Å². The molecule has 0 saturated carbocycles. The lowest BCUT2D eigenvalue weighted by atomic mass is 10.0. The van der Waals surface area contributed by atoms with E-state index in [2.05, 4.69) is 4.90 Å². The van der Waals surface area contributed by atoms with E-state index in [4.69, 9.17) is 4.74 Å². The van der Waals surface area contributed by atoms with Crippen molar-refractivity contribution in [3.63, 3.8) is 0 Å². The Morgan fingerprint density at radius 1 is 1.12 bits per heavy atom. The SMILES string of the molecule is CCOc1ccc([C@H]2CCCN2CN2C(=O)C(=O)N(C(C)C)C2=O)cc1. The van der Waals surface area contributed by atoms with Gasteiger partial charge in [-0.25, -0.2) is 9.69 Å². The Morgan fingerprint density at radius 2 is 1.81 bits per heavy atom. The number of hydrogen-bond donors (Lipinski definition) is 0. The summed E-state index contributed by atoms with van der Waals surface area (Å²) in [5.41, 5.74) is 1.12. The average Bonchev–Trinajstić information content (AvgIpc) is 3.15. The number of nitrogens with zero attached hydrogens (tertiary/aromatic N) is 3. The van der Waals surface area contributed by atoms with Crippen LogP contribution in [0.5, 0.6) is 5.75 Å². The van der Waals surface area contributed by atoms with Crippen LogP contribution in [0.4, 0.5) is 4.79 Å². The highest BCUT2D eigenvalue weighted by molar-refractivity contribution is 6.44. The molecule has 0 bridgehead atoms. The molecule has 7 heteroatoms. The zero-order chi connectivity index (χ0) is 18.8. The molecule has 0 radical (unpaired) electrons. The van der Waals surface area contributed by atoms with E-state index in [1.807, 2.05) is 31.2 Å². The van der Waals surface area contributed by atoms with E-state index in [1.54, 1.807) is 13.8 Å². The topological polar surface area (TPSA) is 70.2 Å². The first-order chi connectivity index (χ1) is 12.4. The van der Waals surface area contributed by atoms with Gasteiger partial charge in [-0.3, -0.25) is 19.4 Å². The Balaban J connectivity index is 1.74. The van der Waals surface area contributed by atoms with Crippen LogP contribution < -0.4 is 4.74 Å². The number of imide groups is 2. The minimum atomic E-state index is -0.735. The number of ether oxygens (including phenoxy) is 1. The highest BCUT2D eigenvalue weighted by Gasteiger charge is 2.46. The lowest BCUT2D eigenvalue weighted by Gasteiger charge is -2.28. The van der Waals surface area contributed by atoms with E-state index in [9.17, 15) is 14.4 Å². The number of carbonyl (C=O) groups excluding carboxylic acids is 3. The van der Waals surface area contributed by atoms with Crippen molar-refractivity contribution in [2.24, 2.45) is 0 Å². The van der Waals surface area contributed by atoms with E-state index < -0.39 is 17.8 Å². The van der Waals surface area contributed by atoms with Gasteiger partial charge in [0.25, 0.3) is 0 Å². The third-order valence-electron chi connectivity index (χ3n) is 4.86. The Hall–Kier alpha value is -2.41. The number of amides is 4. The van der Waals surface area contributed by atoms with Gasteiger partial charge >= 0.3 is 17.8 Å². The maximum atomic E-state index is 12.5. The molecule has 2 fully saturated rings. The van der Waals surface area contributed by atoms with Crippen molar-refractivity contribution in [3.05, 3.63) is 29.8 Å². The predicted molar refractivity (Wildman–Crippen MR) is 95.4 cm³/mol. The van der Waals surface area contributed by atoms with E-state index in [1.165, 1.54) is 0 Å². The molecule has 2 saturated heterocycles. The minimum absolute atomic E-state index is 0.120. The molecular formula is C19H25N3O4. The number of carbonyl (C=O) groups is 3. The zero-order valence-electron chi connectivity index (χ0n) is 15.5. The van der Waals surface area contributed by atoms with Crippen molar-refractivity contribution >= 4 is 17.8 Å². The first-order valence-corrected chi connectivity index (χ1v) is 9.09. The quantitative estimate of drug-likeness (QED) is 0.576. The van der Waals surface area contributed by atoms with Crippen LogP contribution in [0, 0.1) is 0 Å². The molecule has 0 N–H and O–H groups in total. The standard InChI is InChI=1S/C19H25N3O4/c1-4-26-15-9-7-14(8-10-15)16-6-5-11-20(16)12-21-17(23)18(24)22(13(2)3)19(21)25/h7-10,13,16H,4-6,11-12H2,1-3H3/t16-/m1/s1. The van der Waals surface area contributed by atoms with Gasteiger partial charge in [-0.1, -0.05) is 12.1 Å². The molecule has 140 valence electrons. The summed E-state index contributed by atoms with van der Waals surface area (Å²) in [5.74, 6) is -0.647. The first kappa shape index (κ1) is 18.4. The van der Waals surface area contributed by atoms with Crippen LogP contribution in [-0.4, -0.2) is 58.4 Å². The minimum Gasteiger partial charge on any atom is -0.494 e. The fraction of sp³-hybridized carbons (Fsp3) is 0.526. The summed E-state index contributed by atoms with van der Waals surface area (Å²) < 4.78 is 5.48. The van der Waals surface area contributed by atoms with Crippen molar-refractivity contribution in [3.8, 4) is 5.75 Å². The fourth-order valence-electron chi connectivity index (χ4n) is 3.61. The third-order valence-corrected chi connectivity index (χ3v) is 4.86. The van der Waals surface area contributed by atoms with Crippen LogP contribution in [0.1, 0.15) is 45.2 Å². The van der Waals surface area contributed by atoms with E-state index >= 15 is 0 Å². The highest BCUT2D eigenvalue weighted by Crippen LogP contribution is 2.33. The molecular weight excluding hydrogens is 334 g/mol. The van der Waals surface area contributed by atoms with Gasteiger partial charge in [0.2, 0.25) is 0 Å². The predicted octanol–water partition coefficient (Wildman–Crippen LogP) is 2.38. The average molecular weight is 359 g/mol. The van der Waals surface area contributed by atoms with Crippen molar-refractivity contribution < 1.29 is 19.1 Å². The summed E-state index contributed by atoms with van der Waals surface area (Å²) in [6.45, 7) is 6.94. The molecule has 0 spiro atoms. The van der Waals surface area contributed by atoms with E-state index in [-0.39, 0.29) is 18.8 Å². The maximum absolute atomic E-state index is 12.5. The Kier molecular flexibility index (Phi) is 5.27. The second kappa shape index (κ2) is 7.45. The molecule has 0 unspecified atom stereocenters. The molecule has 0 aliphatic carbocycles. The fourth-order valence-corrected chi connectivity index (χ4v) is 3.61. The molecule has 7 nitrogen and oxygen atoms in total. The van der Waals surface area contributed by atoms with Crippen LogP contribution in [0.3, 0.4) is 0 Å². The van der Waals surface area contributed by atoms with Crippen LogP contribution in [0.2, 0.25) is 0 Å². The number of rotatable bonds is 6. The van der Waals surface area contributed by atoms with E-state index in [0.717, 1.165) is 40.5 Å². The number of hydrogen-bond acceptors (Lipinski definition) is 5. The molecule has 1 aromatic rings. The number of likely N-dealkylation sites (tertiary alicyclic amines) is 1. The lowest BCUT2D eigenvalue weighted by Crippen LogP contribution is -2.43. The Labute approximate surface area is 153 Å². The molecule has 2 aliphatic rings. The van der Waals surface area contributed by atoms with Gasteiger partial charge in [0, 0.05) is 18.6 Å².